The summed E-state index contributed by atoms with van der Waals surface area (Å²) in [4.78, 5) is 11.5. The zero-order valence-corrected chi connectivity index (χ0v) is 11.5. The van der Waals surface area contributed by atoms with E-state index >= 15 is 0 Å². The van der Waals surface area contributed by atoms with Crippen molar-refractivity contribution in [2.45, 2.75) is 37.9 Å². The molecule has 0 aliphatic carbocycles. The fourth-order valence-corrected chi connectivity index (χ4v) is 2.25. The molecule has 106 valence electrons. The highest BCUT2D eigenvalue weighted by Gasteiger charge is 2.17. The van der Waals surface area contributed by atoms with Crippen LogP contribution in [0.4, 0.5) is 0 Å². The molecule has 18 heavy (non-hydrogen) atoms. The van der Waals surface area contributed by atoms with E-state index in [1.807, 2.05) is 0 Å². The average Bonchev–Trinajstić information content (AvgIpc) is 2.99. The number of ether oxygens (including phenoxy) is 2. The SMILES string of the molecule is Cl.O=C(CNCC1CCCO1)NCC1CCCO1. The van der Waals surface area contributed by atoms with E-state index in [0.717, 1.165) is 45.4 Å². The molecule has 6 heteroatoms. The Morgan fingerprint density at radius 2 is 1.67 bits per heavy atom. The number of carbonyl (C=O) groups is 1. The van der Waals surface area contributed by atoms with Crippen molar-refractivity contribution in [3.8, 4) is 0 Å². The van der Waals surface area contributed by atoms with Gasteiger partial charge in [0.15, 0.2) is 0 Å². The Labute approximate surface area is 114 Å². The number of amides is 1. The van der Waals surface area contributed by atoms with Crippen molar-refractivity contribution in [3.05, 3.63) is 0 Å². The van der Waals surface area contributed by atoms with Crippen molar-refractivity contribution in [2.75, 3.05) is 32.8 Å². The number of hydrogen-bond donors (Lipinski definition) is 2. The topological polar surface area (TPSA) is 59.6 Å². The van der Waals surface area contributed by atoms with Crippen LogP contribution in [-0.2, 0) is 14.3 Å². The largest absolute Gasteiger partial charge is 0.377 e. The molecule has 2 rings (SSSR count). The number of carbonyl (C=O) groups excluding carboxylic acids is 1. The molecule has 1 amide bonds. The zero-order valence-electron chi connectivity index (χ0n) is 10.7. The van der Waals surface area contributed by atoms with Crippen molar-refractivity contribution in [1.82, 2.24) is 10.6 Å². The molecule has 2 saturated heterocycles. The fourth-order valence-electron chi connectivity index (χ4n) is 2.25. The third-order valence-corrected chi connectivity index (χ3v) is 3.23. The van der Waals surface area contributed by atoms with E-state index in [2.05, 4.69) is 10.6 Å². The van der Waals surface area contributed by atoms with Gasteiger partial charge in [0.25, 0.3) is 0 Å². The van der Waals surface area contributed by atoms with Gasteiger partial charge in [0.05, 0.1) is 18.8 Å². The molecule has 0 spiro atoms. The quantitative estimate of drug-likeness (QED) is 0.742. The van der Waals surface area contributed by atoms with E-state index in [-0.39, 0.29) is 24.4 Å². The summed E-state index contributed by atoms with van der Waals surface area (Å²) >= 11 is 0. The first-order valence-corrected chi connectivity index (χ1v) is 6.55. The van der Waals surface area contributed by atoms with E-state index < -0.39 is 0 Å². The zero-order chi connectivity index (χ0) is 11.9. The molecule has 0 saturated carbocycles. The van der Waals surface area contributed by atoms with Crippen LogP contribution in [0, 0.1) is 0 Å². The summed E-state index contributed by atoms with van der Waals surface area (Å²) in [5.74, 6) is 0.0403. The van der Waals surface area contributed by atoms with E-state index in [1.165, 1.54) is 0 Å². The third kappa shape index (κ3) is 5.52. The minimum absolute atomic E-state index is 0. The Balaban J connectivity index is 0.00000162. The maximum atomic E-state index is 11.5. The highest BCUT2D eigenvalue weighted by Crippen LogP contribution is 2.11. The van der Waals surface area contributed by atoms with Gasteiger partial charge in [-0.3, -0.25) is 4.79 Å². The molecule has 0 aromatic carbocycles. The van der Waals surface area contributed by atoms with Gasteiger partial charge in [0.1, 0.15) is 0 Å². The Hall–Kier alpha value is -0.360. The highest BCUT2D eigenvalue weighted by atomic mass is 35.5. The first kappa shape index (κ1) is 15.7. The lowest BCUT2D eigenvalue weighted by Gasteiger charge is -2.12. The standard InChI is InChI=1S/C12H22N2O3.ClH/c15-12(14-8-11-4-2-6-17-11)9-13-7-10-3-1-5-16-10;/h10-11,13H,1-9H2,(H,14,15);1H. The number of hydrogen-bond acceptors (Lipinski definition) is 4. The van der Waals surface area contributed by atoms with E-state index in [0.29, 0.717) is 19.2 Å². The molecular formula is C12H23ClN2O3. The summed E-state index contributed by atoms with van der Waals surface area (Å²) in [6.45, 7) is 3.47. The van der Waals surface area contributed by atoms with Gasteiger partial charge < -0.3 is 20.1 Å². The van der Waals surface area contributed by atoms with Crippen molar-refractivity contribution < 1.29 is 14.3 Å². The highest BCUT2D eigenvalue weighted by molar-refractivity contribution is 5.85. The van der Waals surface area contributed by atoms with Gasteiger partial charge in [-0.25, -0.2) is 0 Å². The smallest absolute Gasteiger partial charge is 0.234 e. The molecule has 2 heterocycles. The molecule has 2 N–H and O–H groups in total. The summed E-state index contributed by atoms with van der Waals surface area (Å²) in [7, 11) is 0. The van der Waals surface area contributed by atoms with Crippen LogP contribution in [0.3, 0.4) is 0 Å². The van der Waals surface area contributed by atoms with Gasteiger partial charge in [-0.15, -0.1) is 12.4 Å². The third-order valence-electron chi connectivity index (χ3n) is 3.23. The van der Waals surface area contributed by atoms with E-state index in [9.17, 15) is 4.79 Å². The Morgan fingerprint density at radius 3 is 2.22 bits per heavy atom. The molecule has 2 atom stereocenters. The van der Waals surface area contributed by atoms with Crippen LogP contribution in [0.5, 0.6) is 0 Å². The molecule has 2 aliphatic heterocycles. The van der Waals surface area contributed by atoms with Gasteiger partial charge in [0.2, 0.25) is 5.91 Å². The summed E-state index contributed by atoms with van der Waals surface area (Å²) in [5.41, 5.74) is 0. The van der Waals surface area contributed by atoms with Crippen LogP contribution in [-0.4, -0.2) is 51.0 Å². The molecule has 5 nitrogen and oxygen atoms in total. The van der Waals surface area contributed by atoms with Crippen molar-refractivity contribution in [1.29, 1.82) is 0 Å². The molecule has 2 fully saturated rings. The maximum absolute atomic E-state index is 11.5. The monoisotopic (exact) mass is 278 g/mol. The predicted molar refractivity (Wildman–Crippen MR) is 71.1 cm³/mol. The lowest BCUT2D eigenvalue weighted by atomic mass is 10.2. The van der Waals surface area contributed by atoms with Crippen LogP contribution < -0.4 is 10.6 Å². The Bertz CT molecular complexity index is 241. The van der Waals surface area contributed by atoms with Crippen LogP contribution in [0.1, 0.15) is 25.7 Å². The first-order chi connectivity index (χ1) is 8.34. The van der Waals surface area contributed by atoms with Gasteiger partial charge in [-0.1, -0.05) is 0 Å². The second-order valence-electron chi connectivity index (χ2n) is 4.71. The summed E-state index contributed by atoms with van der Waals surface area (Å²) in [6, 6.07) is 0. The van der Waals surface area contributed by atoms with Gasteiger partial charge in [0, 0.05) is 26.3 Å². The molecule has 0 bridgehead atoms. The predicted octanol–water partition coefficient (Wildman–Crippen LogP) is 0.472. The van der Waals surface area contributed by atoms with Crippen molar-refractivity contribution in [3.63, 3.8) is 0 Å². The minimum atomic E-state index is 0. The maximum Gasteiger partial charge on any atom is 0.234 e. The molecule has 2 aliphatic rings. The minimum Gasteiger partial charge on any atom is -0.377 e. The molecule has 0 radical (unpaired) electrons. The molecule has 0 aromatic heterocycles. The molecule has 2 unspecified atom stereocenters. The van der Waals surface area contributed by atoms with Gasteiger partial charge >= 0.3 is 0 Å². The summed E-state index contributed by atoms with van der Waals surface area (Å²) in [5, 5.41) is 6.01. The van der Waals surface area contributed by atoms with Crippen LogP contribution in [0.15, 0.2) is 0 Å². The van der Waals surface area contributed by atoms with E-state index in [1.54, 1.807) is 0 Å². The normalized spacial score (nSPS) is 26.9. The summed E-state index contributed by atoms with van der Waals surface area (Å²) in [6.07, 6.45) is 4.92. The van der Waals surface area contributed by atoms with Crippen LogP contribution in [0.25, 0.3) is 0 Å². The van der Waals surface area contributed by atoms with Crippen molar-refractivity contribution >= 4 is 18.3 Å². The Morgan fingerprint density at radius 1 is 1.06 bits per heavy atom. The average molecular weight is 279 g/mol. The van der Waals surface area contributed by atoms with Crippen LogP contribution >= 0.6 is 12.4 Å². The first-order valence-electron chi connectivity index (χ1n) is 6.55. The number of halogens is 1. The second kappa shape index (κ2) is 8.69. The van der Waals surface area contributed by atoms with Gasteiger partial charge in [-0.05, 0) is 25.7 Å². The lowest BCUT2D eigenvalue weighted by molar-refractivity contribution is -0.120. The molecule has 0 aromatic rings. The Kier molecular flexibility index (Phi) is 7.58. The number of nitrogens with one attached hydrogen (secondary N) is 2. The van der Waals surface area contributed by atoms with Gasteiger partial charge in [-0.2, -0.15) is 0 Å². The van der Waals surface area contributed by atoms with E-state index in [4.69, 9.17) is 9.47 Å². The van der Waals surface area contributed by atoms with Crippen molar-refractivity contribution in [2.24, 2.45) is 0 Å². The summed E-state index contributed by atoms with van der Waals surface area (Å²) < 4.78 is 10.9. The van der Waals surface area contributed by atoms with Crippen LogP contribution in [0.2, 0.25) is 0 Å². The number of rotatable bonds is 6. The second-order valence-corrected chi connectivity index (χ2v) is 4.71. The lowest BCUT2D eigenvalue weighted by Crippen LogP contribution is -2.40. The molecular weight excluding hydrogens is 256 g/mol. The fraction of sp³-hybridized carbons (Fsp3) is 0.917.